The molecular weight excluding hydrogens is 226 g/mol. The summed E-state index contributed by atoms with van der Waals surface area (Å²) in [5.41, 5.74) is 6.74. The number of carbonyl (C=O) groups is 1. The summed E-state index contributed by atoms with van der Waals surface area (Å²) >= 11 is 0. The van der Waals surface area contributed by atoms with Gasteiger partial charge < -0.3 is 10.6 Å². The van der Waals surface area contributed by atoms with Crippen molar-refractivity contribution in [2.24, 2.45) is 5.73 Å². The van der Waals surface area contributed by atoms with E-state index < -0.39 is 0 Å². The summed E-state index contributed by atoms with van der Waals surface area (Å²) < 4.78 is 0. The predicted molar refractivity (Wildman–Crippen MR) is 72.0 cm³/mol. The van der Waals surface area contributed by atoms with Crippen LogP contribution in [-0.4, -0.2) is 48.4 Å². The first-order valence-electron chi connectivity index (χ1n) is 6.53. The van der Waals surface area contributed by atoms with Gasteiger partial charge in [0.1, 0.15) is 0 Å². The van der Waals surface area contributed by atoms with Gasteiger partial charge in [-0.15, -0.1) is 0 Å². The van der Waals surface area contributed by atoms with Crippen LogP contribution in [0.2, 0.25) is 0 Å². The van der Waals surface area contributed by atoms with Gasteiger partial charge in [-0.25, -0.2) is 0 Å². The number of carbonyl (C=O) groups excluding carboxylic acids is 1. The molecule has 1 aliphatic heterocycles. The zero-order chi connectivity index (χ0) is 12.8. The second-order valence-electron chi connectivity index (χ2n) is 4.70. The molecule has 1 amide bonds. The van der Waals surface area contributed by atoms with Gasteiger partial charge in [0, 0.05) is 32.7 Å². The second-order valence-corrected chi connectivity index (χ2v) is 4.70. The Kier molecular flexibility index (Phi) is 4.73. The van der Waals surface area contributed by atoms with Gasteiger partial charge in [0.2, 0.25) is 5.91 Å². The smallest absolute Gasteiger partial charge is 0.236 e. The fourth-order valence-corrected chi connectivity index (χ4v) is 2.35. The average Bonchev–Trinajstić information content (AvgIpc) is 2.65. The summed E-state index contributed by atoms with van der Waals surface area (Å²) in [5, 5.41) is 0. The maximum atomic E-state index is 11.6. The quantitative estimate of drug-likeness (QED) is 0.854. The maximum absolute atomic E-state index is 11.6. The van der Waals surface area contributed by atoms with E-state index in [2.05, 4.69) is 29.2 Å². The number of hydrogen-bond acceptors (Lipinski definition) is 3. The molecule has 1 saturated heterocycles. The van der Waals surface area contributed by atoms with Crippen LogP contribution in [0.1, 0.15) is 12.0 Å². The predicted octanol–water partition coefficient (Wildman–Crippen LogP) is 0.680. The van der Waals surface area contributed by atoms with E-state index in [4.69, 9.17) is 5.73 Å². The molecule has 1 fully saturated rings. The fraction of sp³-hybridized carbons (Fsp3) is 0.500. The third-order valence-electron chi connectivity index (χ3n) is 3.36. The highest BCUT2D eigenvalue weighted by atomic mass is 16.2. The van der Waals surface area contributed by atoms with Crippen LogP contribution >= 0.6 is 0 Å². The third-order valence-corrected chi connectivity index (χ3v) is 3.36. The van der Waals surface area contributed by atoms with Crippen molar-refractivity contribution < 1.29 is 4.79 Å². The van der Waals surface area contributed by atoms with E-state index in [0.717, 1.165) is 39.1 Å². The van der Waals surface area contributed by atoms with Crippen LogP contribution in [-0.2, 0) is 11.3 Å². The molecule has 2 N–H and O–H groups in total. The van der Waals surface area contributed by atoms with E-state index >= 15 is 0 Å². The maximum Gasteiger partial charge on any atom is 0.236 e. The van der Waals surface area contributed by atoms with Gasteiger partial charge in [-0.05, 0) is 12.0 Å². The van der Waals surface area contributed by atoms with Crippen molar-refractivity contribution in [2.75, 3.05) is 32.7 Å². The summed E-state index contributed by atoms with van der Waals surface area (Å²) in [6.07, 6.45) is 1.03. The molecule has 1 heterocycles. The molecular formula is C14H21N3O. The van der Waals surface area contributed by atoms with Crippen molar-refractivity contribution in [1.29, 1.82) is 0 Å². The molecule has 0 bridgehead atoms. The molecule has 0 unspecified atom stereocenters. The Labute approximate surface area is 108 Å². The minimum Gasteiger partial charge on any atom is -0.340 e. The molecule has 0 saturated carbocycles. The Morgan fingerprint density at radius 1 is 1.11 bits per heavy atom. The van der Waals surface area contributed by atoms with Crippen molar-refractivity contribution in [1.82, 2.24) is 9.80 Å². The lowest BCUT2D eigenvalue weighted by molar-refractivity contribution is -0.129. The van der Waals surface area contributed by atoms with E-state index in [0.29, 0.717) is 0 Å². The molecule has 1 aliphatic rings. The lowest BCUT2D eigenvalue weighted by Crippen LogP contribution is -2.38. The zero-order valence-corrected chi connectivity index (χ0v) is 10.7. The van der Waals surface area contributed by atoms with Crippen LogP contribution in [0.3, 0.4) is 0 Å². The normalized spacial score (nSPS) is 17.5. The minimum absolute atomic E-state index is 0.0663. The molecule has 18 heavy (non-hydrogen) atoms. The fourth-order valence-electron chi connectivity index (χ4n) is 2.35. The lowest BCUT2D eigenvalue weighted by atomic mass is 10.2. The zero-order valence-electron chi connectivity index (χ0n) is 10.7. The molecule has 1 aromatic carbocycles. The number of benzene rings is 1. The molecule has 4 heteroatoms. The van der Waals surface area contributed by atoms with E-state index in [1.807, 2.05) is 11.0 Å². The number of hydrogen-bond donors (Lipinski definition) is 1. The molecule has 0 spiro atoms. The highest BCUT2D eigenvalue weighted by Gasteiger charge is 2.17. The lowest BCUT2D eigenvalue weighted by Gasteiger charge is -2.21. The Morgan fingerprint density at radius 2 is 1.89 bits per heavy atom. The molecule has 0 atom stereocenters. The first-order chi connectivity index (χ1) is 8.79. The average molecular weight is 247 g/mol. The molecule has 4 nitrogen and oxygen atoms in total. The Hall–Kier alpha value is -1.39. The van der Waals surface area contributed by atoms with Gasteiger partial charge in [-0.2, -0.15) is 0 Å². The van der Waals surface area contributed by atoms with Crippen LogP contribution in [0.5, 0.6) is 0 Å². The highest BCUT2D eigenvalue weighted by Crippen LogP contribution is 2.08. The Balaban J connectivity index is 1.87. The van der Waals surface area contributed by atoms with Gasteiger partial charge in [-0.1, -0.05) is 30.3 Å². The van der Waals surface area contributed by atoms with Gasteiger partial charge in [0.25, 0.3) is 0 Å². The van der Waals surface area contributed by atoms with Crippen LogP contribution < -0.4 is 5.73 Å². The minimum atomic E-state index is 0.0663. The monoisotopic (exact) mass is 247 g/mol. The summed E-state index contributed by atoms with van der Waals surface area (Å²) in [5.74, 6) is 0.0663. The van der Waals surface area contributed by atoms with E-state index in [-0.39, 0.29) is 12.5 Å². The first kappa shape index (κ1) is 13.1. The largest absolute Gasteiger partial charge is 0.340 e. The summed E-state index contributed by atoms with van der Waals surface area (Å²) in [6, 6.07) is 10.5. The Morgan fingerprint density at radius 3 is 2.61 bits per heavy atom. The van der Waals surface area contributed by atoms with Gasteiger partial charge in [0.15, 0.2) is 0 Å². The second kappa shape index (κ2) is 6.52. The van der Waals surface area contributed by atoms with Gasteiger partial charge >= 0.3 is 0 Å². The molecule has 0 radical (unpaired) electrons. The van der Waals surface area contributed by atoms with Gasteiger partial charge in [-0.3, -0.25) is 9.69 Å². The number of nitrogens with zero attached hydrogens (tertiary/aromatic N) is 2. The van der Waals surface area contributed by atoms with Crippen LogP contribution in [0, 0.1) is 0 Å². The molecule has 98 valence electrons. The first-order valence-corrected chi connectivity index (χ1v) is 6.53. The Bertz CT molecular complexity index is 380. The van der Waals surface area contributed by atoms with Crippen molar-refractivity contribution in [2.45, 2.75) is 13.0 Å². The number of nitrogens with two attached hydrogens (primary N) is 1. The third kappa shape index (κ3) is 3.55. The molecule has 0 aliphatic carbocycles. The summed E-state index contributed by atoms with van der Waals surface area (Å²) in [4.78, 5) is 15.8. The SMILES string of the molecule is NCC(=O)N1CCCN(Cc2ccccc2)CC1. The van der Waals surface area contributed by atoms with E-state index in [9.17, 15) is 4.79 Å². The van der Waals surface area contributed by atoms with Crippen LogP contribution in [0.25, 0.3) is 0 Å². The summed E-state index contributed by atoms with van der Waals surface area (Å²) in [6.45, 7) is 4.69. The number of rotatable bonds is 3. The summed E-state index contributed by atoms with van der Waals surface area (Å²) in [7, 11) is 0. The van der Waals surface area contributed by atoms with Gasteiger partial charge in [0.05, 0.1) is 6.54 Å². The van der Waals surface area contributed by atoms with Crippen molar-refractivity contribution in [3.8, 4) is 0 Å². The topological polar surface area (TPSA) is 49.6 Å². The molecule has 1 aromatic rings. The molecule has 2 rings (SSSR count). The molecule has 0 aromatic heterocycles. The number of amides is 1. The highest BCUT2D eigenvalue weighted by molar-refractivity contribution is 5.78. The van der Waals surface area contributed by atoms with E-state index in [1.54, 1.807) is 0 Å². The van der Waals surface area contributed by atoms with Crippen molar-refractivity contribution in [3.63, 3.8) is 0 Å². The standard InChI is InChI=1S/C14H21N3O/c15-11-14(18)17-8-4-7-16(9-10-17)12-13-5-2-1-3-6-13/h1-3,5-6H,4,7-12,15H2. The van der Waals surface area contributed by atoms with Crippen LogP contribution in [0.4, 0.5) is 0 Å². The van der Waals surface area contributed by atoms with Crippen LogP contribution in [0.15, 0.2) is 30.3 Å². The van der Waals surface area contributed by atoms with Crippen molar-refractivity contribution >= 4 is 5.91 Å². The van der Waals surface area contributed by atoms with E-state index in [1.165, 1.54) is 5.56 Å². The van der Waals surface area contributed by atoms with Crippen molar-refractivity contribution in [3.05, 3.63) is 35.9 Å².